The van der Waals surface area contributed by atoms with Crippen LogP contribution in [0.3, 0.4) is 0 Å². The number of nitrogens with one attached hydrogen (secondary N) is 1. The third-order valence-electron chi connectivity index (χ3n) is 3.71. The number of rotatable bonds is 5. The van der Waals surface area contributed by atoms with Crippen LogP contribution in [0, 0.1) is 0 Å². The van der Waals surface area contributed by atoms with Crippen molar-refractivity contribution in [3.63, 3.8) is 0 Å². The molecule has 0 unspecified atom stereocenters. The zero-order valence-corrected chi connectivity index (χ0v) is 10.8. The molecule has 0 aromatic carbocycles. The second kappa shape index (κ2) is 5.56. The number of nitrogens with zero attached hydrogens (tertiary/aromatic N) is 2. The number of likely N-dealkylation sites (tertiary alicyclic amines) is 1. The van der Waals surface area contributed by atoms with E-state index in [1.807, 2.05) is 0 Å². The van der Waals surface area contributed by atoms with Crippen molar-refractivity contribution in [2.45, 2.75) is 37.8 Å². The van der Waals surface area contributed by atoms with Gasteiger partial charge in [0.1, 0.15) is 6.04 Å². The predicted octanol–water partition coefficient (Wildman–Crippen LogP) is 0.339. The molecule has 1 aliphatic heterocycles. The summed E-state index contributed by atoms with van der Waals surface area (Å²) in [6.45, 7) is 1.94. The molecule has 0 spiro atoms. The maximum atomic E-state index is 11.9. The van der Waals surface area contributed by atoms with E-state index in [4.69, 9.17) is 5.11 Å². The molecule has 1 heterocycles. The molecular weight excluding hydrogens is 234 g/mol. The van der Waals surface area contributed by atoms with Crippen LogP contribution in [0.15, 0.2) is 0 Å². The summed E-state index contributed by atoms with van der Waals surface area (Å²) in [5.74, 6) is -0.905. The number of urea groups is 1. The van der Waals surface area contributed by atoms with Crippen molar-refractivity contribution >= 4 is 12.0 Å². The van der Waals surface area contributed by atoms with Crippen LogP contribution in [0.1, 0.15) is 25.7 Å². The smallest absolute Gasteiger partial charge is 0.326 e. The number of carboxylic acids is 1. The van der Waals surface area contributed by atoms with Crippen LogP contribution in [-0.4, -0.2) is 65.7 Å². The lowest BCUT2D eigenvalue weighted by Crippen LogP contribution is -2.47. The van der Waals surface area contributed by atoms with E-state index in [0.29, 0.717) is 25.6 Å². The first kappa shape index (κ1) is 13.1. The van der Waals surface area contributed by atoms with Gasteiger partial charge >= 0.3 is 12.0 Å². The van der Waals surface area contributed by atoms with Crippen LogP contribution < -0.4 is 5.32 Å². The molecule has 2 fully saturated rings. The second-order valence-electron chi connectivity index (χ2n) is 5.13. The minimum atomic E-state index is -0.905. The predicted molar refractivity (Wildman–Crippen MR) is 66.4 cm³/mol. The van der Waals surface area contributed by atoms with E-state index in [-0.39, 0.29) is 6.03 Å². The van der Waals surface area contributed by atoms with Crippen LogP contribution in [-0.2, 0) is 4.79 Å². The monoisotopic (exact) mass is 255 g/mol. The Balaban J connectivity index is 1.71. The number of aliphatic carboxylic acids is 1. The number of likely N-dealkylation sites (N-methyl/N-ethyl adjacent to an activating group) is 1. The normalized spacial score (nSPS) is 23.4. The van der Waals surface area contributed by atoms with Crippen molar-refractivity contribution in [1.82, 2.24) is 15.1 Å². The molecule has 6 heteroatoms. The Morgan fingerprint density at radius 3 is 2.72 bits per heavy atom. The average molecular weight is 255 g/mol. The molecule has 1 saturated heterocycles. The largest absolute Gasteiger partial charge is 0.480 e. The Labute approximate surface area is 107 Å². The van der Waals surface area contributed by atoms with E-state index in [1.54, 1.807) is 0 Å². The number of amides is 2. The van der Waals surface area contributed by atoms with Crippen LogP contribution >= 0.6 is 0 Å². The summed E-state index contributed by atoms with van der Waals surface area (Å²) >= 11 is 0. The molecule has 1 saturated carbocycles. The maximum Gasteiger partial charge on any atom is 0.326 e. The molecule has 102 valence electrons. The molecule has 6 nitrogen and oxygen atoms in total. The van der Waals surface area contributed by atoms with Gasteiger partial charge < -0.3 is 20.2 Å². The molecule has 1 atom stereocenters. The lowest BCUT2D eigenvalue weighted by molar-refractivity contribution is -0.141. The fourth-order valence-electron chi connectivity index (χ4n) is 2.41. The van der Waals surface area contributed by atoms with E-state index in [2.05, 4.69) is 17.3 Å². The molecule has 18 heavy (non-hydrogen) atoms. The zero-order chi connectivity index (χ0) is 13.1. The summed E-state index contributed by atoms with van der Waals surface area (Å²) in [5.41, 5.74) is 0. The van der Waals surface area contributed by atoms with Gasteiger partial charge in [-0.05, 0) is 32.7 Å². The maximum absolute atomic E-state index is 11.9. The fourth-order valence-corrected chi connectivity index (χ4v) is 2.41. The highest BCUT2D eigenvalue weighted by molar-refractivity contribution is 5.83. The third-order valence-corrected chi connectivity index (χ3v) is 3.71. The zero-order valence-electron chi connectivity index (χ0n) is 10.8. The molecule has 2 rings (SSSR count). The first-order valence-electron chi connectivity index (χ1n) is 6.57. The van der Waals surface area contributed by atoms with Crippen molar-refractivity contribution in [3.8, 4) is 0 Å². The number of carboxylic acid groups (broad SMARTS) is 1. The highest BCUT2D eigenvalue weighted by atomic mass is 16.4. The van der Waals surface area contributed by atoms with Gasteiger partial charge in [-0.1, -0.05) is 0 Å². The topological polar surface area (TPSA) is 72.9 Å². The van der Waals surface area contributed by atoms with Crippen molar-refractivity contribution < 1.29 is 14.7 Å². The van der Waals surface area contributed by atoms with Crippen LogP contribution in [0.5, 0.6) is 0 Å². The van der Waals surface area contributed by atoms with Gasteiger partial charge in [0.2, 0.25) is 0 Å². The van der Waals surface area contributed by atoms with Gasteiger partial charge in [0.25, 0.3) is 0 Å². The molecule has 0 bridgehead atoms. The minimum absolute atomic E-state index is 0.246. The summed E-state index contributed by atoms with van der Waals surface area (Å²) in [4.78, 5) is 26.5. The number of carbonyl (C=O) groups excluding carboxylic acids is 1. The number of hydrogen-bond acceptors (Lipinski definition) is 3. The molecule has 2 N–H and O–H groups in total. The standard InChI is InChI=1S/C12H21N3O3/c1-14(9-4-5-9)8-6-13-12(18)15-7-2-3-10(15)11(16)17/h9-10H,2-8H2,1H3,(H,13,18)(H,16,17)/t10-/m0/s1. The molecule has 2 aliphatic rings. The summed E-state index contributed by atoms with van der Waals surface area (Å²) in [6.07, 6.45) is 3.83. The highest BCUT2D eigenvalue weighted by Gasteiger charge is 2.33. The van der Waals surface area contributed by atoms with Gasteiger partial charge in [-0.15, -0.1) is 0 Å². The molecular formula is C12H21N3O3. The van der Waals surface area contributed by atoms with Gasteiger partial charge in [0.15, 0.2) is 0 Å². The van der Waals surface area contributed by atoms with Crippen molar-refractivity contribution in [1.29, 1.82) is 0 Å². The van der Waals surface area contributed by atoms with Crippen molar-refractivity contribution in [3.05, 3.63) is 0 Å². The third kappa shape index (κ3) is 3.13. The lowest BCUT2D eigenvalue weighted by Gasteiger charge is -2.23. The van der Waals surface area contributed by atoms with E-state index in [1.165, 1.54) is 17.7 Å². The lowest BCUT2D eigenvalue weighted by atomic mass is 10.2. The van der Waals surface area contributed by atoms with Gasteiger partial charge in [-0.25, -0.2) is 9.59 Å². The summed E-state index contributed by atoms with van der Waals surface area (Å²) in [7, 11) is 2.06. The number of carbonyl (C=O) groups is 2. The highest BCUT2D eigenvalue weighted by Crippen LogP contribution is 2.24. The Bertz CT molecular complexity index is 331. The Hall–Kier alpha value is -1.30. The van der Waals surface area contributed by atoms with Crippen LogP contribution in [0.4, 0.5) is 4.79 Å². The van der Waals surface area contributed by atoms with Gasteiger partial charge in [0, 0.05) is 25.7 Å². The average Bonchev–Trinajstić information content (AvgIpc) is 3.05. The Morgan fingerprint density at radius 2 is 2.11 bits per heavy atom. The van der Waals surface area contributed by atoms with Gasteiger partial charge in [0.05, 0.1) is 0 Å². The number of hydrogen-bond donors (Lipinski definition) is 2. The Kier molecular flexibility index (Phi) is 4.06. The van der Waals surface area contributed by atoms with E-state index < -0.39 is 12.0 Å². The van der Waals surface area contributed by atoms with E-state index in [0.717, 1.165) is 13.0 Å². The fraction of sp³-hybridized carbons (Fsp3) is 0.833. The molecule has 0 aromatic heterocycles. The molecule has 2 amide bonds. The van der Waals surface area contributed by atoms with Crippen LogP contribution in [0.25, 0.3) is 0 Å². The summed E-state index contributed by atoms with van der Waals surface area (Å²) < 4.78 is 0. The first-order valence-corrected chi connectivity index (χ1v) is 6.57. The van der Waals surface area contributed by atoms with Gasteiger partial charge in [-0.2, -0.15) is 0 Å². The van der Waals surface area contributed by atoms with Gasteiger partial charge in [-0.3, -0.25) is 0 Å². The molecule has 0 aromatic rings. The summed E-state index contributed by atoms with van der Waals surface area (Å²) in [6, 6.07) is -0.212. The van der Waals surface area contributed by atoms with E-state index >= 15 is 0 Å². The van der Waals surface area contributed by atoms with Crippen molar-refractivity contribution in [2.24, 2.45) is 0 Å². The SMILES string of the molecule is CN(CCNC(=O)N1CCC[C@H]1C(=O)O)C1CC1. The van der Waals surface area contributed by atoms with Crippen LogP contribution in [0.2, 0.25) is 0 Å². The minimum Gasteiger partial charge on any atom is -0.480 e. The first-order chi connectivity index (χ1) is 8.59. The molecule has 0 radical (unpaired) electrons. The van der Waals surface area contributed by atoms with Crippen molar-refractivity contribution in [2.75, 3.05) is 26.7 Å². The quantitative estimate of drug-likeness (QED) is 0.743. The molecule has 1 aliphatic carbocycles. The second-order valence-corrected chi connectivity index (χ2v) is 5.13. The Morgan fingerprint density at radius 1 is 1.39 bits per heavy atom. The summed E-state index contributed by atoms with van der Waals surface area (Å²) in [5, 5.41) is 11.8. The van der Waals surface area contributed by atoms with E-state index in [9.17, 15) is 9.59 Å².